The number of nitrogens with one attached hydrogen (secondary N) is 1. The average molecular weight is 637 g/mol. The first-order valence-corrected chi connectivity index (χ1v) is 15.9. The number of aliphatic carboxylic acids is 4. The van der Waals surface area contributed by atoms with Crippen molar-refractivity contribution in [2.24, 2.45) is 0 Å². The van der Waals surface area contributed by atoms with Crippen molar-refractivity contribution < 1.29 is 44.4 Å². The quantitative estimate of drug-likeness (QED) is 0.0846. The highest BCUT2D eigenvalue weighted by Crippen LogP contribution is 2.15. The van der Waals surface area contributed by atoms with Crippen LogP contribution in [-0.2, 0) is 30.4 Å². The van der Waals surface area contributed by atoms with Crippen molar-refractivity contribution in [2.75, 3.05) is 64.2 Å². The van der Waals surface area contributed by atoms with E-state index in [1.165, 1.54) is 73.2 Å². The summed E-state index contributed by atoms with van der Waals surface area (Å²) in [5.74, 6) is -5.17. The van der Waals surface area contributed by atoms with Gasteiger partial charge in [-0.3, -0.25) is 38.7 Å². The lowest BCUT2D eigenvalue weighted by molar-refractivity contribution is -0.143. The van der Waals surface area contributed by atoms with Gasteiger partial charge in [0.2, 0.25) is 5.91 Å². The highest BCUT2D eigenvalue weighted by atomic mass is 16.4. The highest BCUT2D eigenvalue weighted by molar-refractivity contribution is 5.92. The number of aryl methyl sites for hydroxylation is 1. The summed E-state index contributed by atoms with van der Waals surface area (Å²) in [6.07, 6.45) is 13.7. The second-order valence-corrected chi connectivity index (χ2v) is 11.4. The molecule has 45 heavy (non-hydrogen) atoms. The third-order valence-corrected chi connectivity index (χ3v) is 7.32. The van der Waals surface area contributed by atoms with Crippen LogP contribution in [0.25, 0.3) is 0 Å². The maximum atomic E-state index is 12.7. The summed E-state index contributed by atoms with van der Waals surface area (Å²) in [5, 5.41) is 39.4. The number of carboxylic acids is 4. The van der Waals surface area contributed by atoms with Gasteiger partial charge in [0.25, 0.3) is 0 Å². The van der Waals surface area contributed by atoms with Crippen molar-refractivity contribution in [1.82, 2.24) is 14.7 Å². The van der Waals surface area contributed by atoms with Crippen molar-refractivity contribution in [2.45, 2.75) is 77.6 Å². The average Bonchev–Trinajstić information content (AvgIpc) is 2.95. The van der Waals surface area contributed by atoms with Gasteiger partial charge in [-0.05, 0) is 30.5 Å². The molecule has 1 amide bonds. The van der Waals surface area contributed by atoms with Crippen LogP contribution < -0.4 is 5.32 Å². The summed E-state index contributed by atoms with van der Waals surface area (Å²) in [6, 6.07) is 7.58. The molecule has 0 aliphatic carbocycles. The summed E-state index contributed by atoms with van der Waals surface area (Å²) < 4.78 is 0. The largest absolute Gasteiger partial charge is 0.480 e. The fourth-order valence-electron chi connectivity index (χ4n) is 5.00. The van der Waals surface area contributed by atoms with Gasteiger partial charge in [0.15, 0.2) is 0 Å². The van der Waals surface area contributed by atoms with E-state index in [1.807, 2.05) is 24.3 Å². The molecule has 0 unspecified atom stereocenters. The monoisotopic (exact) mass is 636 g/mol. The molecule has 0 saturated carbocycles. The Balaban J connectivity index is 2.55. The van der Waals surface area contributed by atoms with E-state index in [2.05, 4.69) is 12.2 Å². The number of carbonyl (C=O) groups is 5. The fourth-order valence-corrected chi connectivity index (χ4v) is 5.00. The molecule has 13 heteroatoms. The summed E-state index contributed by atoms with van der Waals surface area (Å²) in [6.45, 7) is 0.176. The number of carboxylic acid groups (broad SMARTS) is 4. The Morgan fingerprint density at radius 3 is 1.36 bits per heavy atom. The van der Waals surface area contributed by atoms with Crippen LogP contribution in [0.4, 0.5) is 5.69 Å². The first-order valence-electron chi connectivity index (χ1n) is 15.9. The van der Waals surface area contributed by atoms with E-state index in [-0.39, 0.29) is 32.7 Å². The smallest absolute Gasteiger partial charge is 0.317 e. The Morgan fingerprint density at radius 2 is 0.911 bits per heavy atom. The zero-order valence-electron chi connectivity index (χ0n) is 26.6. The van der Waals surface area contributed by atoms with E-state index >= 15 is 0 Å². The lowest BCUT2D eigenvalue weighted by atomic mass is 10.0. The Kier molecular flexibility index (Phi) is 20.9. The van der Waals surface area contributed by atoms with Gasteiger partial charge >= 0.3 is 23.9 Å². The molecule has 13 nitrogen and oxygen atoms in total. The summed E-state index contributed by atoms with van der Waals surface area (Å²) >= 11 is 0. The molecule has 0 heterocycles. The van der Waals surface area contributed by atoms with Crippen LogP contribution in [0.3, 0.4) is 0 Å². The maximum Gasteiger partial charge on any atom is 0.317 e. The third kappa shape index (κ3) is 21.7. The number of hydrogen-bond donors (Lipinski definition) is 5. The minimum Gasteiger partial charge on any atom is -0.480 e. The second-order valence-electron chi connectivity index (χ2n) is 11.4. The fraction of sp³-hybridized carbons (Fsp3) is 0.656. The number of rotatable bonds is 28. The van der Waals surface area contributed by atoms with Crippen LogP contribution in [0.15, 0.2) is 24.3 Å². The van der Waals surface area contributed by atoms with E-state index in [9.17, 15) is 34.2 Å². The van der Waals surface area contributed by atoms with Gasteiger partial charge in [-0.2, -0.15) is 0 Å². The standard InChI is InChI=1S/C32H52N4O9/c1-2-3-4-5-6-7-8-9-10-11-12-26-13-15-27(16-14-26)33-28(37)21-35(23-30(40)41)19-17-34(22-29(38)39)18-20-36(24-31(42)43)25-32(44)45/h13-16H,2-12,17-25H2,1H3,(H,33,37)(H,38,39)(H,40,41)(H,42,43)(H,44,45). The number of carbonyl (C=O) groups excluding carboxylic acids is 1. The number of nitrogens with zero attached hydrogens (tertiary/aromatic N) is 3. The van der Waals surface area contributed by atoms with E-state index < -0.39 is 56.0 Å². The van der Waals surface area contributed by atoms with Crippen molar-refractivity contribution in [3.8, 4) is 0 Å². The van der Waals surface area contributed by atoms with E-state index in [0.717, 1.165) is 17.7 Å². The molecule has 5 N–H and O–H groups in total. The van der Waals surface area contributed by atoms with Gasteiger partial charge in [-0.25, -0.2) is 0 Å². The highest BCUT2D eigenvalue weighted by Gasteiger charge is 2.19. The molecule has 0 fully saturated rings. The lowest BCUT2D eigenvalue weighted by Gasteiger charge is -2.27. The molecule has 1 rings (SSSR count). The van der Waals surface area contributed by atoms with Crippen LogP contribution >= 0.6 is 0 Å². The maximum absolute atomic E-state index is 12.7. The predicted octanol–water partition coefficient (Wildman–Crippen LogP) is 3.33. The molecule has 254 valence electrons. The number of unbranched alkanes of at least 4 members (excludes halogenated alkanes) is 9. The lowest BCUT2D eigenvalue weighted by Crippen LogP contribution is -2.46. The van der Waals surface area contributed by atoms with Gasteiger partial charge in [-0.1, -0.05) is 76.8 Å². The van der Waals surface area contributed by atoms with Crippen LogP contribution in [0.2, 0.25) is 0 Å². The minimum atomic E-state index is -1.22. The molecule has 0 aliphatic rings. The van der Waals surface area contributed by atoms with Crippen LogP contribution in [-0.4, -0.2) is 124 Å². The molecule has 0 bridgehead atoms. The first kappa shape index (κ1) is 39.5. The molecular weight excluding hydrogens is 584 g/mol. The number of anilines is 1. The summed E-state index contributed by atoms with van der Waals surface area (Å²) in [7, 11) is 0. The van der Waals surface area contributed by atoms with Gasteiger partial charge in [0.1, 0.15) is 0 Å². The van der Waals surface area contributed by atoms with Crippen molar-refractivity contribution >= 4 is 35.5 Å². The van der Waals surface area contributed by atoms with E-state index in [0.29, 0.717) is 5.69 Å². The number of hydrogen-bond acceptors (Lipinski definition) is 8. The minimum absolute atomic E-state index is 0.0273. The number of benzene rings is 1. The Labute approximate surface area is 266 Å². The summed E-state index contributed by atoms with van der Waals surface area (Å²) in [4.78, 5) is 61.6. The Morgan fingerprint density at radius 1 is 0.533 bits per heavy atom. The summed E-state index contributed by atoms with van der Waals surface area (Å²) in [5.41, 5.74) is 1.77. The molecule has 1 aromatic carbocycles. The zero-order valence-corrected chi connectivity index (χ0v) is 26.6. The van der Waals surface area contributed by atoms with Gasteiger partial charge in [0, 0.05) is 31.9 Å². The second kappa shape index (κ2) is 23.8. The molecule has 0 aromatic heterocycles. The Hall–Kier alpha value is -3.55. The van der Waals surface area contributed by atoms with Gasteiger partial charge in [-0.15, -0.1) is 0 Å². The van der Waals surface area contributed by atoms with E-state index in [4.69, 9.17) is 10.2 Å². The van der Waals surface area contributed by atoms with E-state index in [1.54, 1.807) is 0 Å². The van der Waals surface area contributed by atoms with Gasteiger partial charge < -0.3 is 25.7 Å². The zero-order chi connectivity index (χ0) is 33.5. The van der Waals surface area contributed by atoms with Crippen LogP contribution in [0.1, 0.15) is 76.7 Å². The van der Waals surface area contributed by atoms with Crippen LogP contribution in [0, 0.1) is 0 Å². The predicted molar refractivity (Wildman–Crippen MR) is 170 cm³/mol. The SMILES string of the molecule is CCCCCCCCCCCCc1ccc(NC(=O)CN(CCN(CCN(CC(=O)O)CC(=O)O)CC(=O)O)CC(=O)O)cc1. The van der Waals surface area contributed by atoms with Crippen molar-refractivity contribution in [1.29, 1.82) is 0 Å². The molecule has 0 atom stereocenters. The number of amides is 1. The van der Waals surface area contributed by atoms with Gasteiger partial charge in [0.05, 0.1) is 32.7 Å². The topological polar surface area (TPSA) is 188 Å². The molecule has 0 aliphatic heterocycles. The first-order chi connectivity index (χ1) is 21.5. The normalized spacial score (nSPS) is 11.3. The third-order valence-electron chi connectivity index (χ3n) is 7.32. The molecule has 0 saturated heterocycles. The molecular formula is C32H52N4O9. The Bertz CT molecular complexity index is 1020. The van der Waals surface area contributed by atoms with Crippen molar-refractivity contribution in [3.05, 3.63) is 29.8 Å². The molecule has 0 spiro atoms. The molecule has 0 radical (unpaired) electrons. The van der Waals surface area contributed by atoms with Crippen molar-refractivity contribution in [3.63, 3.8) is 0 Å². The molecule has 1 aromatic rings. The van der Waals surface area contributed by atoms with Crippen LogP contribution in [0.5, 0.6) is 0 Å².